The number of Topliss-reactive ketones (excluding diaryl/α,β-unsaturated/α-hetero) is 2. The van der Waals surface area contributed by atoms with E-state index in [2.05, 4.69) is 16.0 Å². The van der Waals surface area contributed by atoms with Gasteiger partial charge in [0.05, 0.1) is 25.8 Å². The van der Waals surface area contributed by atoms with E-state index < -0.39 is 18.0 Å². The molecule has 2 atom stereocenters. The van der Waals surface area contributed by atoms with Crippen molar-refractivity contribution in [2.75, 3.05) is 46.6 Å². The number of nitrogens with two attached hydrogens (primary N) is 1. The molecule has 302 valence electrons. The van der Waals surface area contributed by atoms with Crippen LogP contribution in [-0.4, -0.2) is 104 Å². The van der Waals surface area contributed by atoms with Crippen molar-refractivity contribution in [2.24, 2.45) is 5.73 Å². The normalized spacial score (nSPS) is 12.3. The van der Waals surface area contributed by atoms with Gasteiger partial charge in [0.25, 0.3) is 0 Å². The van der Waals surface area contributed by atoms with Crippen molar-refractivity contribution in [3.8, 4) is 0 Å². The summed E-state index contributed by atoms with van der Waals surface area (Å²) < 4.78 is 10.8. The van der Waals surface area contributed by atoms with Gasteiger partial charge < -0.3 is 41.4 Å². The van der Waals surface area contributed by atoms with Crippen LogP contribution in [0, 0.1) is 0 Å². The van der Waals surface area contributed by atoms with E-state index in [0.717, 1.165) is 51.4 Å². The Morgan fingerprint density at radius 3 is 1.67 bits per heavy atom. The molecule has 0 aromatic carbocycles. The Labute approximate surface area is 311 Å². The van der Waals surface area contributed by atoms with Crippen LogP contribution in [0.1, 0.15) is 148 Å². The lowest BCUT2D eigenvalue weighted by atomic mass is 10.0. The van der Waals surface area contributed by atoms with Crippen LogP contribution in [0.4, 0.5) is 0 Å². The molecule has 0 saturated carbocycles. The third-order valence-electron chi connectivity index (χ3n) is 8.92. The highest BCUT2D eigenvalue weighted by Crippen LogP contribution is 2.14. The molecule has 0 heterocycles. The Morgan fingerprint density at radius 2 is 1.13 bits per heavy atom. The summed E-state index contributed by atoms with van der Waals surface area (Å²) in [5.41, 5.74) is 5.39. The molecule has 14 heteroatoms. The highest BCUT2D eigenvalue weighted by atomic mass is 16.5. The minimum absolute atomic E-state index is 0.00622. The SMILES string of the molecule is CN[C@@H](CCCCNC(=O)COCCOCCCC(=O)CCC(NC(=O)CCCCCCCCCCCCCCCCC(=O)O)C(=O)O)C(=O)CN. The average molecular weight is 743 g/mol. The van der Waals surface area contributed by atoms with Crippen LogP contribution in [0.2, 0.25) is 0 Å². The van der Waals surface area contributed by atoms with E-state index in [-0.39, 0.29) is 87.9 Å². The van der Waals surface area contributed by atoms with Gasteiger partial charge in [-0.05, 0) is 52.0 Å². The number of aliphatic carboxylic acids is 2. The Hall–Kier alpha value is -2.94. The third kappa shape index (κ3) is 31.8. The van der Waals surface area contributed by atoms with Crippen LogP contribution in [0.15, 0.2) is 0 Å². The second kappa shape index (κ2) is 35.1. The molecular weight excluding hydrogens is 672 g/mol. The number of hydrogen-bond donors (Lipinski definition) is 6. The van der Waals surface area contributed by atoms with Gasteiger partial charge in [-0.15, -0.1) is 0 Å². The number of nitrogens with one attached hydrogen (secondary N) is 3. The van der Waals surface area contributed by atoms with Crippen LogP contribution in [0.5, 0.6) is 0 Å². The molecule has 0 aromatic heterocycles. The Kier molecular flexibility index (Phi) is 33.1. The molecule has 0 fully saturated rings. The van der Waals surface area contributed by atoms with Gasteiger partial charge in [0.15, 0.2) is 5.78 Å². The van der Waals surface area contributed by atoms with E-state index in [4.69, 9.17) is 20.3 Å². The van der Waals surface area contributed by atoms with E-state index in [1.807, 2.05) is 0 Å². The molecule has 0 bridgehead atoms. The lowest BCUT2D eigenvalue weighted by molar-refractivity contribution is -0.142. The second-order valence-corrected chi connectivity index (χ2v) is 13.5. The maximum absolute atomic E-state index is 12.3. The van der Waals surface area contributed by atoms with Crippen molar-refractivity contribution in [3.05, 3.63) is 0 Å². The highest BCUT2D eigenvalue weighted by molar-refractivity contribution is 5.86. The number of carboxylic acid groups (broad SMARTS) is 2. The first-order valence-electron chi connectivity index (χ1n) is 19.7. The summed E-state index contributed by atoms with van der Waals surface area (Å²) in [6.45, 7) is 1.25. The monoisotopic (exact) mass is 743 g/mol. The summed E-state index contributed by atoms with van der Waals surface area (Å²) in [6, 6.07) is -1.34. The zero-order valence-corrected chi connectivity index (χ0v) is 31.9. The highest BCUT2D eigenvalue weighted by Gasteiger charge is 2.21. The van der Waals surface area contributed by atoms with Gasteiger partial charge in [-0.1, -0.05) is 77.0 Å². The van der Waals surface area contributed by atoms with Gasteiger partial charge >= 0.3 is 11.9 Å². The number of ether oxygens (including phenoxy) is 2. The van der Waals surface area contributed by atoms with Crippen molar-refractivity contribution in [2.45, 2.75) is 160 Å². The van der Waals surface area contributed by atoms with Gasteiger partial charge in [-0.25, -0.2) is 4.79 Å². The molecule has 7 N–H and O–H groups in total. The van der Waals surface area contributed by atoms with Crippen LogP contribution in [0.3, 0.4) is 0 Å². The quantitative estimate of drug-likeness (QED) is 0.0481. The first-order valence-corrected chi connectivity index (χ1v) is 19.7. The summed E-state index contributed by atoms with van der Waals surface area (Å²) in [4.78, 5) is 70.2. The minimum Gasteiger partial charge on any atom is -0.481 e. The summed E-state index contributed by atoms with van der Waals surface area (Å²) in [7, 11) is 1.72. The Bertz CT molecular complexity index is 981. The molecule has 2 amide bonds. The van der Waals surface area contributed by atoms with Crippen LogP contribution < -0.4 is 21.7 Å². The fraction of sp³-hybridized carbons (Fsp3) is 0.842. The van der Waals surface area contributed by atoms with Crippen LogP contribution >= 0.6 is 0 Å². The molecule has 0 saturated heterocycles. The molecule has 0 spiro atoms. The molecule has 1 unspecified atom stereocenters. The van der Waals surface area contributed by atoms with E-state index in [0.29, 0.717) is 32.4 Å². The number of rotatable bonds is 39. The maximum atomic E-state index is 12.3. The molecule has 0 aliphatic rings. The molecule has 0 aliphatic carbocycles. The Morgan fingerprint density at radius 1 is 0.577 bits per heavy atom. The summed E-state index contributed by atoms with van der Waals surface area (Å²) in [5.74, 6) is -2.50. The molecule has 0 radical (unpaired) electrons. The van der Waals surface area contributed by atoms with Crippen molar-refractivity contribution in [1.82, 2.24) is 16.0 Å². The largest absolute Gasteiger partial charge is 0.481 e. The number of carboxylic acids is 2. The zero-order chi connectivity index (χ0) is 38.7. The van der Waals surface area contributed by atoms with Crippen molar-refractivity contribution in [3.63, 3.8) is 0 Å². The standard InChI is InChI=1S/C38H70N4O10/c1-40-32(34(44)29-39)20-16-17-25-41-36(46)30-52-28-27-51-26-18-19-31(43)23-24-33(38(49)50)42-35(45)21-14-12-10-8-6-4-2-3-5-7-9-11-13-15-22-37(47)48/h32-33,40H,2-30,39H2,1H3,(H,41,46)(H,42,45)(H,47,48)(H,49,50)/t32-,33?/m0/s1. The first kappa shape index (κ1) is 49.1. The van der Waals surface area contributed by atoms with E-state index in [9.17, 15) is 33.9 Å². The minimum atomic E-state index is -1.15. The summed E-state index contributed by atoms with van der Waals surface area (Å²) in [5, 5.41) is 26.4. The molecule has 0 rings (SSSR count). The predicted molar refractivity (Wildman–Crippen MR) is 200 cm³/mol. The first-order chi connectivity index (χ1) is 25.1. The van der Waals surface area contributed by atoms with E-state index >= 15 is 0 Å². The molecule has 0 aliphatic heterocycles. The summed E-state index contributed by atoms with van der Waals surface area (Å²) in [6.07, 6.45) is 18.8. The Balaban J connectivity index is 3.72. The van der Waals surface area contributed by atoms with Crippen LogP contribution in [0.25, 0.3) is 0 Å². The van der Waals surface area contributed by atoms with Gasteiger partial charge in [0, 0.05) is 38.8 Å². The molecule has 14 nitrogen and oxygen atoms in total. The van der Waals surface area contributed by atoms with Gasteiger partial charge in [0.2, 0.25) is 11.8 Å². The molecular formula is C38H70N4O10. The number of unbranched alkanes of at least 4 members (excludes halogenated alkanes) is 14. The lowest BCUT2D eigenvalue weighted by Gasteiger charge is -2.14. The lowest BCUT2D eigenvalue weighted by Crippen LogP contribution is -2.41. The molecule has 52 heavy (non-hydrogen) atoms. The topological polar surface area (TPSA) is 223 Å². The van der Waals surface area contributed by atoms with Crippen molar-refractivity contribution < 1.29 is 48.5 Å². The van der Waals surface area contributed by atoms with Crippen LogP contribution in [-0.2, 0) is 38.2 Å². The van der Waals surface area contributed by atoms with E-state index in [1.165, 1.54) is 44.9 Å². The zero-order valence-electron chi connectivity index (χ0n) is 31.9. The van der Waals surface area contributed by atoms with Crippen molar-refractivity contribution >= 4 is 35.3 Å². The van der Waals surface area contributed by atoms with Gasteiger partial charge in [-0.2, -0.15) is 0 Å². The van der Waals surface area contributed by atoms with Gasteiger partial charge in [0.1, 0.15) is 18.4 Å². The third-order valence-corrected chi connectivity index (χ3v) is 8.92. The average Bonchev–Trinajstić information content (AvgIpc) is 3.11. The number of carbonyl (C=O) groups is 6. The second-order valence-electron chi connectivity index (χ2n) is 13.5. The fourth-order valence-electron chi connectivity index (χ4n) is 5.75. The maximum Gasteiger partial charge on any atom is 0.326 e. The number of likely N-dealkylation sites (N-methyl/N-ethyl adjacent to an activating group) is 1. The number of ketones is 2. The van der Waals surface area contributed by atoms with E-state index in [1.54, 1.807) is 7.05 Å². The number of hydrogen-bond acceptors (Lipinski definition) is 10. The molecule has 0 aromatic rings. The predicted octanol–water partition coefficient (Wildman–Crippen LogP) is 4.45. The van der Waals surface area contributed by atoms with Crippen molar-refractivity contribution in [1.29, 1.82) is 0 Å². The summed E-state index contributed by atoms with van der Waals surface area (Å²) >= 11 is 0. The number of carbonyl (C=O) groups excluding carboxylic acids is 4. The fourth-order valence-corrected chi connectivity index (χ4v) is 5.75. The van der Waals surface area contributed by atoms with Gasteiger partial charge in [-0.3, -0.25) is 24.0 Å². The number of amides is 2. The smallest absolute Gasteiger partial charge is 0.326 e.